The zero-order valence-electron chi connectivity index (χ0n) is 10.9. The SMILES string of the molecule is O=C(CCNC(=O)c1ccco1)Nc1cccc(Cl)c1Cl. The molecule has 1 aromatic carbocycles. The summed E-state index contributed by atoms with van der Waals surface area (Å²) in [5, 5.41) is 5.85. The van der Waals surface area contributed by atoms with Gasteiger partial charge in [0, 0.05) is 13.0 Å². The second kappa shape index (κ2) is 7.15. The minimum absolute atomic E-state index is 0.106. The first-order chi connectivity index (χ1) is 10.1. The molecular weight excluding hydrogens is 315 g/mol. The highest BCUT2D eigenvalue weighted by atomic mass is 35.5. The summed E-state index contributed by atoms with van der Waals surface area (Å²) in [6, 6.07) is 8.11. The van der Waals surface area contributed by atoms with Crippen LogP contribution in [0.25, 0.3) is 0 Å². The maximum absolute atomic E-state index is 11.8. The summed E-state index contributed by atoms with van der Waals surface area (Å²) in [7, 11) is 0. The van der Waals surface area contributed by atoms with Gasteiger partial charge in [0.25, 0.3) is 5.91 Å². The van der Waals surface area contributed by atoms with Crippen LogP contribution in [0.2, 0.25) is 10.0 Å². The zero-order chi connectivity index (χ0) is 15.2. The van der Waals surface area contributed by atoms with E-state index in [0.717, 1.165) is 0 Å². The molecule has 7 heteroatoms. The summed E-state index contributed by atoms with van der Waals surface area (Å²) in [5.74, 6) is -0.444. The van der Waals surface area contributed by atoms with Gasteiger partial charge in [0.1, 0.15) is 0 Å². The molecule has 0 aliphatic rings. The van der Waals surface area contributed by atoms with Crippen LogP contribution in [-0.2, 0) is 4.79 Å². The van der Waals surface area contributed by atoms with Crippen molar-refractivity contribution in [3.8, 4) is 0 Å². The van der Waals surface area contributed by atoms with Gasteiger partial charge in [0.05, 0.1) is 22.0 Å². The fourth-order valence-electron chi connectivity index (χ4n) is 1.60. The molecule has 0 saturated carbocycles. The van der Waals surface area contributed by atoms with Gasteiger partial charge in [-0.1, -0.05) is 29.3 Å². The maximum Gasteiger partial charge on any atom is 0.286 e. The molecule has 2 amide bonds. The lowest BCUT2D eigenvalue weighted by Crippen LogP contribution is -2.27. The number of rotatable bonds is 5. The van der Waals surface area contributed by atoms with Crippen LogP contribution in [0.15, 0.2) is 41.0 Å². The molecular formula is C14H12Cl2N2O3. The van der Waals surface area contributed by atoms with Crippen LogP contribution in [0.5, 0.6) is 0 Å². The highest BCUT2D eigenvalue weighted by Gasteiger charge is 2.10. The third-order valence-corrected chi connectivity index (χ3v) is 3.43. The maximum atomic E-state index is 11.8. The molecule has 0 unspecified atom stereocenters. The molecule has 0 fully saturated rings. The summed E-state index contributed by atoms with van der Waals surface area (Å²) in [5.41, 5.74) is 0.437. The van der Waals surface area contributed by atoms with Gasteiger partial charge >= 0.3 is 0 Å². The van der Waals surface area contributed by atoms with Crippen molar-refractivity contribution in [2.75, 3.05) is 11.9 Å². The van der Waals surface area contributed by atoms with E-state index in [4.69, 9.17) is 27.6 Å². The predicted octanol–water partition coefficient (Wildman–Crippen LogP) is 3.35. The number of hydrogen-bond donors (Lipinski definition) is 2. The van der Waals surface area contributed by atoms with Gasteiger partial charge in [0.2, 0.25) is 5.91 Å². The van der Waals surface area contributed by atoms with Crippen molar-refractivity contribution in [2.45, 2.75) is 6.42 Å². The lowest BCUT2D eigenvalue weighted by atomic mass is 10.3. The summed E-state index contributed by atoms with van der Waals surface area (Å²) < 4.78 is 4.93. The Morgan fingerprint density at radius 1 is 1.14 bits per heavy atom. The van der Waals surface area contributed by atoms with Crippen LogP contribution in [-0.4, -0.2) is 18.4 Å². The van der Waals surface area contributed by atoms with E-state index in [0.29, 0.717) is 10.7 Å². The number of furan rings is 1. The number of anilines is 1. The van der Waals surface area contributed by atoms with E-state index in [2.05, 4.69) is 10.6 Å². The van der Waals surface area contributed by atoms with Crippen molar-refractivity contribution in [1.29, 1.82) is 0 Å². The minimum atomic E-state index is -0.367. The Kier molecular flexibility index (Phi) is 5.25. The van der Waals surface area contributed by atoms with Gasteiger partial charge in [-0.15, -0.1) is 0 Å². The molecule has 2 rings (SSSR count). The van der Waals surface area contributed by atoms with Crippen molar-refractivity contribution in [3.05, 3.63) is 52.4 Å². The van der Waals surface area contributed by atoms with Gasteiger partial charge in [-0.25, -0.2) is 0 Å². The number of nitrogens with one attached hydrogen (secondary N) is 2. The van der Waals surface area contributed by atoms with E-state index >= 15 is 0 Å². The molecule has 0 aliphatic carbocycles. The van der Waals surface area contributed by atoms with Crippen molar-refractivity contribution in [2.24, 2.45) is 0 Å². The van der Waals surface area contributed by atoms with E-state index in [9.17, 15) is 9.59 Å². The average molecular weight is 327 g/mol. The van der Waals surface area contributed by atoms with Crippen LogP contribution < -0.4 is 10.6 Å². The first-order valence-electron chi connectivity index (χ1n) is 6.13. The second-order valence-corrected chi connectivity index (χ2v) is 4.92. The van der Waals surface area contributed by atoms with E-state index < -0.39 is 0 Å². The predicted molar refractivity (Wildman–Crippen MR) is 80.7 cm³/mol. The first-order valence-corrected chi connectivity index (χ1v) is 6.89. The topological polar surface area (TPSA) is 71.3 Å². The van der Waals surface area contributed by atoms with E-state index in [1.54, 1.807) is 30.3 Å². The number of halogens is 2. The Morgan fingerprint density at radius 3 is 2.67 bits per heavy atom. The van der Waals surface area contributed by atoms with Crippen LogP contribution in [0.3, 0.4) is 0 Å². The van der Waals surface area contributed by atoms with Gasteiger partial charge in [-0.05, 0) is 24.3 Å². The zero-order valence-corrected chi connectivity index (χ0v) is 12.4. The lowest BCUT2D eigenvalue weighted by Gasteiger charge is -2.08. The molecule has 5 nitrogen and oxygen atoms in total. The van der Waals surface area contributed by atoms with Crippen LogP contribution in [0, 0.1) is 0 Å². The Bertz CT molecular complexity index is 642. The Labute approximate surface area is 131 Å². The molecule has 2 N–H and O–H groups in total. The molecule has 0 spiro atoms. The fourth-order valence-corrected chi connectivity index (χ4v) is 1.95. The van der Waals surface area contributed by atoms with Crippen molar-refractivity contribution >= 4 is 40.7 Å². The molecule has 0 aliphatic heterocycles. The third-order valence-electron chi connectivity index (χ3n) is 2.61. The largest absolute Gasteiger partial charge is 0.459 e. The molecule has 0 radical (unpaired) electrons. The monoisotopic (exact) mass is 326 g/mol. The lowest BCUT2D eigenvalue weighted by molar-refractivity contribution is -0.116. The van der Waals surface area contributed by atoms with Crippen LogP contribution in [0.4, 0.5) is 5.69 Å². The molecule has 110 valence electrons. The number of benzene rings is 1. The Balaban J connectivity index is 1.80. The number of carbonyl (C=O) groups is 2. The number of hydrogen-bond acceptors (Lipinski definition) is 3. The highest BCUT2D eigenvalue weighted by molar-refractivity contribution is 6.43. The van der Waals surface area contributed by atoms with Crippen molar-refractivity contribution in [3.63, 3.8) is 0 Å². The summed E-state index contributed by atoms with van der Waals surface area (Å²) in [6.45, 7) is 0.184. The normalized spacial score (nSPS) is 10.2. The summed E-state index contributed by atoms with van der Waals surface area (Å²) in [4.78, 5) is 23.3. The van der Waals surface area contributed by atoms with E-state index in [-0.39, 0.29) is 35.6 Å². The van der Waals surface area contributed by atoms with Crippen molar-refractivity contribution in [1.82, 2.24) is 5.32 Å². The fraction of sp³-hybridized carbons (Fsp3) is 0.143. The standard InChI is InChI=1S/C14H12Cl2N2O3/c15-9-3-1-4-10(13(9)16)18-12(19)6-7-17-14(20)11-5-2-8-21-11/h1-5,8H,6-7H2,(H,17,20)(H,18,19). The second-order valence-electron chi connectivity index (χ2n) is 4.13. The molecule has 1 aromatic heterocycles. The molecule has 0 saturated heterocycles. The van der Waals surface area contributed by atoms with Gasteiger partial charge < -0.3 is 15.1 Å². The molecule has 2 aromatic rings. The van der Waals surface area contributed by atoms with Crippen LogP contribution in [0.1, 0.15) is 17.0 Å². The highest BCUT2D eigenvalue weighted by Crippen LogP contribution is 2.29. The summed E-state index contributed by atoms with van der Waals surface area (Å²) in [6.07, 6.45) is 1.51. The minimum Gasteiger partial charge on any atom is -0.459 e. The average Bonchev–Trinajstić information content (AvgIpc) is 2.98. The summed E-state index contributed by atoms with van der Waals surface area (Å²) >= 11 is 11.8. The molecule has 0 atom stereocenters. The molecule has 1 heterocycles. The van der Waals surface area contributed by atoms with E-state index in [1.165, 1.54) is 6.26 Å². The van der Waals surface area contributed by atoms with Crippen LogP contribution >= 0.6 is 23.2 Å². The smallest absolute Gasteiger partial charge is 0.286 e. The number of carbonyl (C=O) groups excluding carboxylic acids is 2. The Hall–Kier alpha value is -1.98. The van der Waals surface area contributed by atoms with Gasteiger partial charge in [-0.2, -0.15) is 0 Å². The number of amides is 2. The quantitative estimate of drug-likeness (QED) is 0.885. The molecule has 0 bridgehead atoms. The van der Waals surface area contributed by atoms with Crippen molar-refractivity contribution < 1.29 is 14.0 Å². The Morgan fingerprint density at radius 2 is 1.95 bits per heavy atom. The third kappa shape index (κ3) is 4.24. The molecule has 21 heavy (non-hydrogen) atoms. The first kappa shape index (κ1) is 15.4. The van der Waals surface area contributed by atoms with Gasteiger partial charge in [0.15, 0.2) is 5.76 Å². The van der Waals surface area contributed by atoms with Gasteiger partial charge in [-0.3, -0.25) is 9.59 Å². The van der Waals surface area contributed by atoms with E-state index in [1.807, 2.05) is 0 Å².